The summed E-state index contributed by atoms with van der Waals surface area (Å²) in [6, 6.07) is 23.1. The smallest absolute Gasteiger partial charge is 0.408 e. The number of amides is 3. The van der Waals surface area contributed by atoms with Gasteiger partial charge in [-0.3, -0.25) is 9.59 Å². The van der Waals surface area contributed by atoms with Gasteiger partial charge in [0, 0.05) is 18.0 Å². The standard InChI is InChI=1S/C36H41N3O7/c1-24-31(21-38-18-6-3-7-19-38)45-35(46-33(24)27-12-10-25(22-40)11-13-27)28-14-16-29(17-15-28)39-32(41)20-30(34(39)42)37-36(43)44-23-26-8-4-2-5-9-26/h2,4-5,8-17,24,30-31,33,35,40H,3,6-7,18-23H2,1H3,(H,37,43)/t24-,30?,31+,33+,35+/m1/s1. The summed E-state index contributed by atoms with van der Waals surface area (Å²) in [7, 11) is 0. The molecule has 0 spiro atoms. The highest BCUT2D eigenvalue weighted by Crippen LogP contribution is 2.42. The molecule has 46 heavy (non-hydrogen) atoms. The van der Waals surface area contributed by atoms with E-state index in [9.17, 15) is 19.5 Å². The van der Waals surface area contributed by atoms with Gasteiger partial charge in [-0.25, -0.2) is 9.69 Å². The summed E-state index contributed by atoms with van der Waals surface area (Å²) in [6.07, 6.45) is 1.77. The SMILES string of the molecule is C[C@@H]1[C@H](CN2CCCCC2)O[C@H](c2ccc(N3C(=O)CC(NC(=O)OCc4ccccc4)C3=O)cc2)O[C@@H]1c1ccc(CO)cc1. The van der Waals surface area contributed by atoms with Crippen LogP contribution in [0.4, 0.5) is 10.5 Å². The van der Waals surface area contributed by atoms with Crippen LogP contribution >= 0.6 is 0 Å². The van der Waals surface area contributed by atoms with E-state index >= 15 is 0 Å². The normalized spacial score (nSPS) is 25.4. The van der Waals surface area contributed by atoms with Crippen molar-refractivity contribution in [3.05, 3.63) is 101 Å². The quantitative estimate of drug-likeness (QED) is 0.318. The van der Waals surface area contributed by atoms with E-state index in [2.05, 4.69) is 17.1 Å². The Kier molecular flexibility index (Phi) is 10.1. The number of nitrogens with one attached hydrogen (secondary N) is 1. The summed E-state index contributed by atoms with van der Waals surface area (Å²) >= 11 is 0. The molecule has 2 N–H and O–H groups in total. The maximum absolute atomic E-state index is 13.2. The van der Waals surface area contributed by atoms with Crippen molar-refractivity contribution in [3.8, 4) is 0 Å². The third-order valence-electron chi connectivity index (χ3n) is 9.09. The molecule has 3 fully saturated rings. The van der Waals surface area contributed by atoms with Gasteiger partial charge in [0.25, 0.3) is 5.91 Å². The summed E-state index contributed by atoms with van der Waals surface area (Å²) < 4.78 is 18.4. The molecule has 0 bridgehead atoms. The third kappa shape index (κ3) is 7.31. The van der Waals surface area contributed by atoms with Crippen LogP contribution in [0.2, 0.25) is 0 Å². The van der Waals surface area contributed by atoms with Crippen LogP contribution in [-0.4, -0.2) is 59.7 Å². The molecule has 0 aliphatic carbocycles. The van der Waals surface area contributed by atoms with E-state index < -0.39 is 30.2 Å². The topological polar surface area (TPSA) is 118 Å². The predicted molar refractivity (Wildman–Crippen MR) is 170 cm³/mol. The molecular weight excluding hydrogens is 586 g/mol. The molecule has 3 aliphatic rings. The fourth-order valence-corrected chi connectivity index (χ4v) is 6.43. The summed E-state index contributed by atoms with van der Waals surface area (Å²) in [4.78, 5) is 42.0. The maximum atomic E-state index is 13.2. The van der Waals surface area contributed by atoms with Crippen molar-refractivity contribution in [2.45, 2.75) is 70.4 Å². The Morgan fingerprint density at radius 2 is 1.59 bits per heavy atom. The van der Waals surface area contributed by atoms with Crippen LogP contribution in [0.1, 0.15) is 67.3 Å². The van der Waals surface area contributed by atoms with Gasteiger partial charge in [0.05, 0.1) is 30.9 Å². The van der Waals surface area contributed by atoms with Crippen LogP contribution in [0.3, 0.4) is 0 Å². The number of nitrogens with zero attached hydrogens (tertiary/aromatic N) is 2. The minimum Gasteiger partial charge on any atom is -0.445 e. The van der Waals surface area contributed by atoms with Gasteiger partial charge in [-0.05, 0) is 54.8 Å². The van der Waals surface area contributed by atoms with Crippen LogP contribution in [0.5, 0.6) is 0 Å². The molecule has 3 saturated heterocycles. The Bertz CT molecular complexity index is 1490. The van der Waals surface area contributed by atoms with E-state index in [0.717, 1.165) is 46.8 Å². The Hall–Kier alpha value is -4.09. The number of piperidine rings is 1. The molecule has 3 aromatic carbocycles. The first-order chi connectivity index (χ1) is 22.4. The summed E-state index contributed by atoms with van der Waals surface area (Å²) in [5.41, 5.74) is 3.86. The second kappa shape index (κ2) is 14.6. The molecule has 0 saturated carbocycles. The Morgan fingerprint density at radius 3 is 2.28 bits per heavy atom. The fraction of sp³-hybridized carbons (Fsp3) is 0.417. The van der Waals surface area contributed by atoms with E-state index in [1.807, 2.05) is 66.7 Å². The van der Waals surface area contributed by atoms with E-state index in [1.54, 1.807) is 12.1 Å². The Balaban J connectivity index is 1.14. The Morgan fingerprint density at radius 1 is 0.891 bits per heavy atom. The van der Waals surface area contributed by atoms with Crippen molar-refractivity contribution in [1.82, 2.24) is 10.2 Å². The number of rotatable bonds is 9. The molecule has 3 heterocycles. The molecule has 0 radical (unpaired) electrons. The number of hydrogen-bond acceptors (Lipinski definition) is 8. The zero-order valence-corrected chi connectivity index (χ0v) is 26.0. The highest BCUT2D eigenvalue weighted by atomic mass is 16.7. The number of hydrogen-bond donors (Lipinski definition) is 2. The molecule has 0 aromatic heterocycles. The number of imide groups is 1. The number of carbonyl (C=O) groups is 3. The molecule has 10 nitrogen and oxygen atoms in total. The molecule has 10 heteroatoms. The summed E-state index contributed by atoms with van der Waals surface area (Å²) in [5.74, 6) is -0.833. The zero-order valence-electron chi connectivity index (χ0n) is 26.0. The number of carbonyl (C=O) groups excluding carboxylic acids is 3. The van der Waals surface area contributed by atoms with Crippen molar-refractivity contribution in [2.75, 3.05) is 24.5 Å². The number of likely N-dealkylation sites (tertiary alicyclic amines) is 1. The van der Waals surface area contributed by atoms with Crippen molar-refractivity contribution < 1.29 is 33.7 Å². The fourth-order valence-electron chi connectivity index (χ4n) is 6.43. The average molecular weight is 628 g/mol. The summed E-state index contributed by atoms with van der Waals surface area (Å²) in [5, 5.41) is 12.1. The lowest BCUT2D eigenvalue weighted by atomic mass is 9.89. The van der Waals surface area contributed by atoms with Gasteiger partial charge in [0.15, 0.2) is 6.29 Å². The summed E-state index contributed by atoms with van der Waals surface area (Å²) in [6.45, 7) is 5.12. The molecule has 3 amide bonds. The van der Waals surface area contributed by atoms with Crippen molar-refractivity contribution in [2.24, 2.45) is 5.92 Å². The Labute approximate surface area is 269 Å². The van der Waals surface area contributed by atoms with Gasteiger partial charge in [-0.1, -0.05) is 80.1 Å². The largest absolute Gasteiger partial charge is 0.445 e. The van der Waals surface area contributed by atoms with Gasteiger partial charge >= 0.3 is 6.09 Å². The number of alkyl carbamates (subject to hydrolysis) is 1. The predicted octanol–water partition coefficient (Wildman–Crippen LogP) is 5.01. The molecule has 242 valence electrons. The van der Waals surface area contributed by atoms with Gasteiger partial charge in [0.2, 0.25) is 5.91 Å². The lowest BCUT2D eigenvalue weighted by Gasteiger charge is -2.43. The second-order valence-corrected chi connectivity index (χ2v) is 12.3. The van der Waals surface area contributed by atoms with Gasteiger partial charge in [-0.15, -0.1) is 0 Å². The number of anilines is 1. The zero-order chi connectivity index (χ0) is 32.0. The first-order valence-electron chi connectivity index (χ1n) is 16.1. The lowest BCUT2D eigenvalue weighted by molar-refractivity contribution is -0.276. The number of aliphatic hydroxyl groups is 1. The highest BCUT2D eigenvalue weighted by molar-refractivity contribution is 6.22. The van der Waals surface area contributed by atoms with Gasteiger partial charge in [0.1, 0.15) is 12.6 Å². The van der Waals surface area contributed by atoms with Crippen LogP contribution in [0.15, 0.2) is 78.9 Å². The minimum atomic E-state index is -1.00. The van der Waals surface area contributed by atoms with E-state index in [0.29, 0.717) is 5.69 Å². The lowest BCUT2D eigenvalue weighted by Crippen LogP contribution is -2.45. The van der Waals surface area contributed by atoms with Crippen LogP contribution in [0.25, 0.3) is 0 Å². The molecule has 6 rings (SSSR count). The van der Waals surface area contributed by atoms with Crippen molar-refractivity contribution >= 4 is 23.6 Å². The third-order valence-corrected chi connectivity index (χ3v) is 9.09. The molecule has 3 aliphatic heterocycles. The first kappa shape index (κ1) is 31.9. The molecule has 5 atom stereocenters. The van der Waals surface area contributed by atoms with E-state index in [4.69, 9.17) is 14.2 Å². The molecule has 3 aromatic rings. The van der Waals surface area contributed by atoms with Crippen LogP contribution in [0, 0.1) is 5.92 Å². The average Bonchev–Trinajstić information content (AvgIpc) is 3.37. The van der Waals surface area contributed by atoms with Crippen LogP contribution in [-0.2, 0) is 37.0 Å². The van der Waals surface area contributed by atoms with E-state index in [-0.39, 0.29) is 37.8 Å². The number of ether oxygens (including phenoxy) is 3. The molecular formula is C36H41N3O7. The maximum Gasteiger partial charge on any atom is 0.408 e. The highest BCUT2D eigenvalue weighted by Gasteiger charge is 2.42. The number of aliphatic hydroxyl groups excluding tert-OH is 1. The van der Waals surface area contributed by atoms with Crippen molar-refractivity contribution in [1.29, 1.82) is 0 Å². The number of benzene rings is 3. The minimum absolute atomic E-state index is 0.0196. The van der Waals surface area contributed by atoms with Gasteiger partial charge in [-0.2, -0.15) is 0 Å². The van der Waals surface area contributed by atoms with E-state index in [1.165, 1.54) is 19.3 Å². The van der Waals surface area contributed by atoms with Gasteiger partial charge < -0.3 is 29.5 Å². The van der Waals surface area contributed by atoms with Crippen molar-refractivity contribution in [3.63, 3.8) is 0 Å². The molecule has 1 unspecified atom stereocenters. The second-order valence-electron chi connectivity index (χ2n) is 12.3. The van der Waals surface area contributed by atoms with Crippen LogP contribution < -0.4 is 10.2 Å². The first-order valence-corrected chi connectivity index (χ1v) is 16.1. The monoisotopic (exact) mass is 627 g/mol.